The average Bonchev–Trinajstić information content (AvgIpc) is 2.60. The first-order valence-electron chi connectivity index (χ1n) is 9.10. The van der Waals surface area contributed by atoms with Crippen molar-refractivity contribution in [2.24, 2.45) is 5.92 Å². The molecule has 1 fully saturated rings. The van der Waals surface area contributed by atoms with E-state index in [2.05, 4.69) is 17.4 Å². The SMILES string of the molecule is C[C@H]1C(=O)N(CC(=O)NCCCCCCc2ccccc2)[C@@H]1S(C)(=O)=O. The van der Waals surface area contributed by atoms with E-state index < -0.39 is 21.1 Å². The molecule has 1 aromatic carbocycles. The Kier molecular flexibility index (Phi) is 7.20. The molecule has 2 amide bonds. The van der Waals surface area contributed by atoms with E-state index >= 15 is 0 Å². The topological polar surface area (TPSA) is 83.6 Å². The van der Waals surface area contributed by atoms with Gasteiger partial charge in [-0.3, -0.25) is 9.59 Å². The summed E-state index contributed by atoms with van der Waals surface area (Å²) in [5, 5.41) is 1.89. The zero-order chi connectivity index (χ0) is 19.2. The lowest BCUT2D eigenvalue weighted by molar-refractivity contribution is -0.152. The van der Waals surface area contributed by atoms with Gasteiger partial charge in [0.25, 0.3) is 0 Å². The van der Waals surface area contributed by atoms with Crippen LogP contribution in [0.15, 0.2) is 30.3 Å². The van der Waals surface area contributed by atoms with E-state index in [0.29, 0.717) is 6.54 Å². The summed E-state index contributed by atoms with van der Waals surface area (Å²) in [6.07, 6.45) is 6.28. The van der Waals surface area contributed by atoms with Gasteiger partial charge in [-0.2, -0.15) is 0 Å². The van der Waals surface area contributed by atoms with Gasteiger partial charge in [0.1, 0.15) is 11.9 Å². The summed E-state index contributed by atoms with van der Waals surface area (Å²) in [6.45, 7) is 1.94. The summed E-state index contributed by atoms with van der Waals surface area (Å²) in [4.78, 5) is 24.9. The number of benzene rings is 1. The summed E-state index contributed by atoms with van der Waals surface area (Å²) in [6, 6.07) is 10.4. The smallest absolute Gasteiger partial charge is 0.239 e. The number of β-lactam (4-membered cyclic amide) rings is 1. The summed E-state index contributed by atoms with van der Waals surface area (Å²) in [5.41, 5.74) is 1.34. The monoisotopic (exact) mass is 380 g/mol. The molecule has 0 aromatic heterocycles. The largest absolute Gasteiger partial charge is 0.355 e. The van der Waals surface area contributed by atoms with Gasteiger partial charge in [-0.25, -0.2) is 8.42 Å². The van der Waals surface area contributed by atoms with E-state index in [1.807, 2.05) is 18.2 Å². The zero-order valence-electron chi connectivity index (χ0n) is 15.5. The summed E-state index contributed by atoms with van der Waals surface area (Å²) >= 11 is 0. The van der Waals surface area contributed by atoms with Gasteiger partial charge in [-0.05, 0) is 24.8 Å². The van der Waals surface area contributed by atoms with Crippen LogP contribution in [0.2, 0.25) is 0 Å². The number of unbranched alkanes of at least 4 members (excludes halogenated alkanes) is 3. The van der Waals surface area contributed by atoms with Crippen LogP contribution in [0.25, 0.3) is 0 Å². The number of rotatable bonds is 10. The lowest BCUT2D eigenvalue weighted by Gasteiger charge is -2.43. The molecule has 0 aliphatic carbocycles. The lowest BCUT2D eigenvalue weighted by atomic mass is 10.0. The number of amides is 2. The Morgan fingerprint density at radius 1 is 1.12 bits per heavy atom. The molecular weight excluding hydrogens is 352 g/mol. The van der Waals surface area contributed by atoms with Gasteiger partial charge >= 0.3 is 0 Å². The van der Waals surface area contributed by atoms with Crippen molar-refractivity contribution in [3.05, 3.63) is 35.9 Å². The second-order valence-corrected chi connectivity index (χ2v) is 9.12. The standard InChI is InChI=1S/C19H28N2O4S/c1-15-18(23)21(19(15)26(2,24)25)14-17(22)20-13-9-4-3-6-10-16-11-7-5-8-12-16/h5,7-8,11-12,15,19H,3-4,6,9-10,13-14H2,1-2H3,(H,20,22)/t15-,19+/m0/s1. The van der Waals surface area contributed by atoms with Gasteiger partial charge < -0.3 is 10.2 Å². The van der Waals surface area contributed by atoms with E-state index in [4.69, 9.17) is 0 Å². The molecule has 2 atom stereocenters. The summed E-state index contributed by atoms with van der Waals surface area (Å²) < 4.78 is 23.4. The van der Waals surface area contributed by atoms with Crippen molar-refractivity contribution >= 4 is 21.7 Å². The third-order valence-corrected chi connectivity index (χ3v) is 6.26. The van der Waals surface area contributed by atoms with Crippen LogP contribution in [0.3, 0.4) is 0 Å². The minimum Gasteiger partial charge on any atom is -0.355 e. The Bertz CT molecular complexity index is 718. The maximum atomic E-state index is 11.9. The van der Waals surface area contributed by atoms with Crippen LogP contribution in [0.1, 0.15) is 38.2 Å². The second kappa shape index (κ2) is 9.16. The number of hydrogen-bond donors (Lipinski definition) is 1. The molecule has 1 aromatic rings. The van der Waals surface area contributed by atoms with Crippen LogP contribution in [-0.2, 0) is 25.8 Å². The van der Waals surface area contributed by atoms with Gasteiger partial charge in [0.15, 0.2) is 9.84 Å². The number of likely N-dealkylation sites (tertiary alicyclic amines) is 1. The molecule has 1 N–H and O–H groups in total. The first kappa shape index (κ1) is 20.4. The normalized spacial score (nSPS) is 19.9. The Hall–Kier alpha value is -1.89. The van der Waals surface area contributed by atoms with E-state index in [1.54, 1.807) is 6.92 Å². The molecule has 144 valence electrons. The van der Waals surface area contributed by atoms with E-state index in [-0.39, 0.29) is 18.4 Å². The molecule has 0 spiro atoms. The average molecular weight is 381 g/mol. The molecule has 0 saturated carbocycles. The Morgan fingerprint density at radius 2 is 1.77 bits per heavy atom. The molecule has 2 rings (SSSR count). The number of carbonyl (C=O) groups excluding carboxylic acids is 2. The van der Waals surface area contributed by atoms with E-state index in [0.717, 1.165) is 43.3 Å². The van der Waals surface area contributed by atoms with Gasteiger partial charge in [-0.1, -0.05) is 50.1 Å². The minimum atomic E-state index is -3.38. The van der Waals surface area contributed by atoms with E-state index in [1.165, 1.54) is 5.56 Å². The highest BCUT2D eigenvalue weighted by atomic mass is 32.2. The fraction of sp³-hybridized carbons (Fsp3) is 0.579. The molecule has 1 aliphatic heterocycles. The Morgan fingerprint density at radius 3 is 2.42 bits per heavy atom. The Labute approximate surface area is 155 Å². The van der Waals surface area contributed by atoms with Crippen molar-refractivity contribution < 1.29 is 18.0 Å². The molecule has 0 unspecified atom stereocenters. The van der Waals surface area contributed by atoms with Crippen LogP contribution in [0.5, 0.6) is 0 Å². The minimum absolute atomic E-state index is 0.186. The fourth-order valence-corrected chi connectivity index (χ4v) is 4.86. The predicted molar refractivity (Wildman–Crippen MR) is 101 cm³/mol. The number of aryl methyl sites for hydroxylation is 1. The molecule has 7 heteroatoms. The summed E-state index contributed by atoms with van der Waals surface area (Å²) in [7, 11) is -3.38. The third kappa shape index (κ3) is 5.56. The molecule has 1 heterocycles. The molecule has 26 heavy (non-hydrogen) atoms. The fourth-order valence-electron chi connectivity index (χ4n) is 3.36. The highest BCUT2D eigenvalue weighted by Gasteiger charge is 2.50. The van der Waals surface area contributed by atoms with E-state index in [9.17, 15) is 18.0 Å². The summed E-state index contributed by atoms with van der Waals surface area (Å²) in [5.74, 6) is -1.15. The molecule has 0 bridgehead atoms. The van der Waals surface area contributed by atoms with Crippen LogP contribution in [0.4, 0.5) is 0 Å². The quantitative estimate of drug-likeness (QED) is 0.495. The van der Waals surface area contributed by atoms with Crippen molar-refractivity contribution in [1.82, 2.24) is 10.2 Å². The van der Waals surface area contributed by atoms with Crippen molar-refractivity contribution in [2.75, 3.05) is 19.3 Å². The van der Waals surface area contributed by atoms with Crippen LogP contribution in [0, 0.1) is 5.92 Å². The van der Waals surface area contributed by atoms with Crippen LogP contribution in [-0.4, -0.2) is 49.9 Å². The van der Waals surface area contributed by atoms with Crippen molar-refractivity contribution in [3.63, 3.8) is 0 Å². The molecule has 1 aliphatic rings. The van der Waals surface area contributed by atoms with Crippen molar-refractivity contribution in [2.45, 2.75) is 44.4 Å². The first-order valence-corrected chi connectivity index (χ1v) is 11.1. The van der Waals surface area contributed by atoms with Crippen LogP contribution < -0.4 is 5.32 Å². The van der Waals surface area contributed by atoms with Crippen LogP contribution >= 0.6 is 0 Å². The van der Waals surface area contributed by atoms with Gasteiger partial charge in [0.2, 0.25) is 11.8 Å². The number of hydrogen-bond acceptors (Lipinski definition) is 4. The third-order valence-electron chi connectivity index (χ3n) is 4.72. The van der Waals surface area contributed by atoms with Crippen molar-refractivity contribution in [1.29, 1.82) is 0 Å². The number of nitrogens with one attached hydrogen (secondary N) is 1. The number of sulfone groups is 1. The van der Waals surface area contributed by atoms with Gasteiger partial charge in [0.05, 0.1) is 5.92 Å². The zero-order valence-corrected chi connectivity index (χ0v) is 16.3. The molecular formula is C19H28N2O4S. The Balaban J connectivity index is 1.58. The molecule has 1 saturated heterocycles. The lowest BCUT2D eigenvalue weighted by Crippen LogP contribution is -2.64. The first-order chi connectivity index (χ1) is 12.3. The highest BCUT2D eigenvalue weighted by molar-refractivity contribution is 7.91. The molecule has 6 nitrogen and oxygen atoms in total. The highest BCUT2D eigenvalue weighted by Crippen LogP contribution is 2.29. The second-order valence-electron chi connectivity index (χ2n) is 6.97. The number of carbonyl (C=O) groups is 2. The van der Waals surface area contributed by atoms with Crippen molar-refractivity contribution in [3.8, 4) is 0 Å². The maximum Gasteiger partial charge on any atom is 0.239 e. The number of nitrogens with zero attached hydrogens (tertiary/aromatic N) is 1. The van der Waals surface area contributed by atoms with Gasteiger partial charge in [0, 0.05) is 12.8 Å². The maximum absolute atomic E-state index is 11.9. The van der Waals surface area contributed by atoms with Gasteiger partial charge in [-0.15, -0.1) is 0 Å². The predicted octanol–water partition coefficient (Wildman–Crippen LogP) is 1.75. The molecule has 0 radical (unpaired) electrons.